The summed E-state index contributed by atoms with van der Waals surface area (Å²) < 4.78 is 11.4. The molecule has 0 saturated carbocycles. The number of rotatable bonds is 6. The molecule has 2 aliphatic heterocycles. The topological polar surface area (TPSA) is 30.5 Å². The first-order valence-electron chi connectivity index (χ1n) is 8.54. The van der Waals surface area contributed by atoms with Crippen LogP contribution in [0, 0.1) is 0 Å². The Morgan fingerprint density at radius 1 is 1.05 bits per heavy atom. The van der Waals surface area contributed by atoms with Crippen LogP contribution < -0.4 is 14.8 Å². The van der Waals surface area contributed by atoms with Crippen molar-refractivity contribution in [3.05, 3.63) is 23.3 Å². The molecule has 2 heterocycles. The maximum absolute atomic E-state index is 5.74. The Morgan fingerprint density at radius 3 is 2.62 bits per heavy atom. The van der Waals surface area contributed by atoms with Crippen LogP contribution in [-0.2, 0) is 6.42 Å². The molecule has 2 aliphatic rings. The Kier molecular flexibility index (Phi) is 5.02. The Hall–Kier alpha value is -1.22. The first-order chi connectivity index (χ1) is 10.4. The smallest absolute Gasteiger partial charge is 0.161 e. The van der Waals surface area contributed by atoms with Crippen LogP contribution in [0.15, 0.2) is 12.1 Å². The molecule has 0 fully saturated rings. The van der Waals surface area contributed by atoms with Crippen molar-refractivity contribution in [1.82, 2.24) is 5.32 Å². The van der Waals surface area contributed by atoms with Gasteiger partial charge in [-0.05, 0) is 42.6 Å². The lowest BCUT2D eigenvalue weighted by atomic mass is 9.90. The molecular weight excluding hydrogens is 262 g/mol. The second-order valence-corrected chi connectivity index (χ2v) is 6.15. The van der Waals surface area contributed by atoms with Gasteiger partial charge in [0.25, 0.3) is 0 Å². The van der Waals surface area contributed by atoms with Crippen molar-refractivity contribution in [1.29, 1.82) is 0 Å². The summed E-state index contributed by atoms with van der Waals surface area (Å²) in [6, 6.07) is 4.91. The molecule has 0 aliphatic carbocycles. The third-order valence-corrected chi connectivity index (χ3v) is 4.56. The minimum Gasteiger partial charge on any atom is -0.486 e. The zero-order valence-corrected chi connectivity index (χ0v) is 13.1. The average Bonchev–Trinajstić information content (AvgIpc) is 2.53. The van der Waals surface area contributed by atoms with E-state index in [9.17, 15) is 0 Å². The molecule has 116 valence electrons. The molecule has 1 unspecified atom stereocenters. The van der Waals surface area contributed by atoms with Crippen molar-refractivity contribution in [2.75, 3.05) is 19.8 Å². The number of ether oxygens (including phenoxy) is 2. The first kappa shape index (κ1) is 14.7. The Morgan fingerprint density at radius 2 is 1.81 bits per heavy atom. The minimum absolute atomic E-state index is 0.492. The summed E-state index contributed by atoms with van der Waals surface area (Å²) >= 11 is 0. The fourth-order valence-corrected chi connectivity index (χ4v) is 3.39. The summed E-state index contributed by atoms with van der Waals surface area (Å²) in [6.45, 7) is 4.68. The molecule has 1 aromatic rings. The summed E-state index contributed by atoms with van der Waals surface area (Å²) in [5.41, 5.74) is 2.87. The molecular formula is C18H27NO2. The number of hydrogen-bond acceptors (Lipinski definition) is 3. The van der Waals surface area contributed by atoms with Gasteiger partial charge >= 0.3 is 0 Å². The highest BCUT2D eigenvalue weighted by Crippen LogP contribution is 2.38. The molecule has 0 amide bonds. The summed E-state index contributed by atoms with van der Waals surface area (Å²) in [7, 11) is 0. The van der Waals surface area contributed by atoms with Crippen LogP contribution >= 0.6 is 0 Å². The van der Waals surface area contributed by atoms with Crippen LogP contribution in [0.25, 0.3) is 0 Å². The highest BCUT2D eigenvalue weighted by atomic mass is 16.6. The molecule has 1 N–H and O–H groups in total. The van der Waals surface area contributed by atoms with E-state index >= 15 is 0 Å². The molecule has 21 heavy (non-hydrogen) atoms. The van der Waals surface area contributed by atoms with Crippen molar-refractivity contribution >= 4 is 0 Å². The number of hydrogen-bond donors (Lipinski definition) is 1. The van der Waals surface area contributed by atoms with Crippen molar-refractivity contribution in [2.45, 2.75) is 57.9 Å². The number of fused-ring (bicyclic) bond motifs is 2. The lowest BCUT2D eigenvalue weighted by Crippen LogP contribution is -2.30. The quantitative estimate of drug-likeness (QED) is 0.803. The van der Waals surface area contributed by atoms with Gasteiger partial charge in [0.05, 0.1) is 0 Å². The predicted molar refractivity (Wildman–Crippen MR) is 85.3 cm³/mol. The summed E-state index contributed by atoms with van der Waals surface area (Å²) in [4.78, 5) is 0. The molecule has 1 atom stereocenters. The van der Waals surface area contributed by atoms with Gasteiger partial charge in [0.1, 0.15) is 13.2 Å². The van der Waals surface area contributed by atoms with E-state index in [1.807, 2.05) is 0 Å². The highest BCUT2D eigenvalue weighted by molar-refractivity contribution is 5.50. The van der Waals surface area contributed by atoms with Crippen molar-refractivity contribution in [2.24, 2.45) is 0 Å². The molecule has 3 rings (SSSR count). The van der Waals surface area contributed by atoms with Crippen LogP contribution in [0.2, 0.25) is 0 Å². The SMILES string of the molecule is CCCCCCCC1NCCc2cc3c(cc21)OCCO3. The third-order valence-electron chi connectivity index (χ3n) is 4.56. The van der Waals surface area contributed by atoms with E-state index in [-0.39, 0.29) is 0 Å². The largest absolute Gasteiger partial charge is 0.486 e. The summed E-state index contributed by atoms with van der Waals surface area (Å²) in [5, 5.41) is 3.68. The monoisotopic (exact) mass is 289 g/mol. The lowest BCUT2D eigenvalue weighted by Gasteiger charge is -2.29. The third kappa shape index (κ3) is 3.52. The van der Waals surface area contributed by atoms with Crippen LogP contribution in [0.3, 0.4) is 0 Å². The van der Waals surface area contributed by atoms with Gasteiger partial charge in [0, 0.05) is 6.04 Å². The van der Waals surface area contributed by atoms with E-state index in [1.165, 1.54) is 49.7 Å². The van der Waals surface area contributed by atoms with Gasteiger partial charge in [-0.1, -0.05) is 39.0 Å². The Balaban J connectivity index is 1.66. The van der Waals surface area contributed by atoms with Crippen LogP contribution in [0.4, 0.5) is 0 Å². The Bertz CT molecular complexity index is 473. The zero-order chi connectivity index (χ0) is 14.5. The summed E-state index contributed by atoms with van der Waals surface area (Å²) in [5.74, 6) is 1.86. The average molecular weight is 289 g/mol. The van der Waals surface area contributed by atoms with E-state index in [0.29, 0.717) is 19.3 Å². The molecule has 0 saturated heterocycles. The lowest BCUT2D eigenvalue weighted by molar-refractivity contribution is 0.171. The number of nitrogens with one attached hydrogen (secondary N) is 1. The van der Waals surface area contributed by atoms with Gasteiger partial charge in [-0.15, -0.1) is 0 Å². The molecule has 0 spiro atoms. The van der Waals surface area contributed by atoms with E-state index < -0.39 is 0 Å². The molecule has 3 heteroatoms. The fraction of sp³-hybridized carbons (Fsp3) is 0.667. The van der Waals surface area contributed by atoms with Gasteiger partial charge < -0.3 is 14.8 Å². The van der Waals surface area contributed by atoms with Gasteiger partial charge in [-0.25, -0.2) is 0 Å². The van der Waals surface area contributed by atoms with Crippen LogP contribution in [0.5, 0.6) is 11.5 Å². The predicted octanol–water partition coefficient (Wildman–Crippen LogP) is 4.01. The molecule has 3 nitrogen and oxygen atoms in total. The van der Waals surface area contributed by atoms with E-state index in [1.54, 1.807) is 0 Å². The maximum atomic E-state index is 5.74. The standard InChI is InChI=1S/C18H27NO2/c1-2-3-4-5-6-7-16-15-13-18-17(20-10-11-21-18)12-14(15)8-9-19-16/h12-13,16,19H,2-11H2,1H3. The normalized spacial score (nSPS) is 20.1. The van der Waals surface area contributed by atoms with Crippen molar-refractivity contribution < 1.29 is 9.47 Å². The van der Waals surface area contributed by atoms with Crippen molar-refractivity contribution in [3.63, 3.8) is 0 Å². The fourth-order valence-electron chi connectivity index (χ4n) is 3.39. The van der Waals surface area contributed by atoms with Crippen molar-refractivity contribution in [3.8, 4) is 11.5 Å². The molecule has 0 bridgehead atoms. The summed E-state index contributed by atoms with van der Waals surface area (Å²) in [6.07, 6.45) is 9.05. The van der Waals surface area contributed by atoms with E-state index in [0.717, 1.165) is 24.5 Å². The van der Waals surface area contributed by atoms with Gasteiger partial charge in [-0.2, -0.15) is 0 Å². The first-order valence-corrected chi connectivity index (χ1v) is 8.54. The van der Waals surface area contributed by atoms with Gasteiger partial charge in [0.2, 0.25) is 0 Å². The molecule has 0 radical (unpaired) electrons. The Labute approximate surface area is 128 Å². The molecule has 0 aromatic heterocycles. The van der Waals surface area contributed by atoms with E-state index in [2.05, 4.69) is 24.4 Å². The number of benzene rings is 1. The minimum atomic E-state index is 0.492. The van der Waals surface area contributed by atoms with E-state index in [4.69, 9.17) is 9.47 Å². The molecule has 1 aromatic carbocycles. The second kappa shape index (κ2) is 7.17. The highest BCUT2D eigenvalue weighted by Gasteiger charge is 2.23. The van der Waals surface area contributed by atoms with Crippen LogP contribution in [0.1, 0.15) is 62.6 Å². The maximum Gasteiger partial charge on any atom is 0.161 e. The van der Waals surface area contributed by atoms with Gasteiger partial charge in [0.15, 0.2) is 11.5 Å². The van der Waals surface area contributed by atoms with Crippen LogP contribution in [-0.4, -0.2) is 19.8 Å². The second-order valence-electron chi connectivity index (χ2n) is 6.15. The van der Waals surface area contributed by atoms with Gasteiger partial charge in [-0.3, -0.25) is 0 Å². The number of unbranched alkanes of at least 4 members (excludes halogenated alkanes) is 4. The zero-order valence-electron chi connectivity index (χ0n) is 13.1.